The number of benzene rings is 8. The van der Waals surface area contributed by atoms with Crippen molar-refractivity contribution in [2.75, 3.05) is 0 Å². The summed E-state index contributed by atoms with van der Waals surface area (Å²) in [5.74, 6) is 0. The molecule has 50 heavy (non-hydrogen) atoms. The second-order valence-corrected chi connectivity index (χ2v) is 16.5. The molecule has 0 atom stereocenters. The van der Waals surface area contributed by atoms with Crippen LogP contribution in [0.4, 0.5) is 0 Å². The fraction of sp³-hybridized carbons (Fsp3) is 0.160. The second kappa shape index (κ2) is 10.1. The average molecular weight is 641 g/mol. The highest BCUT2D eigenvalue weighted by molar-refractivity contribution is 6.44. The predicted octanol–water partition coefficient (Wildman–Crippen LogP) is 14.6. The molecule has 0 aliphatic carbocycles. The van der Waals surface area contributed by atoms with Gasteiger partial charge in [0.25, 0.3) is 0 Å². The van der Waals surface area contributed by atoms with Crippen molar-refractivity contribution in [1.29, 1.82) is 0 Å². The predicted molar refractivity (Wildman–Crippen MR) is 220 cm³/mol. The van der Waals surface area contributed by atoms with Gasteiger partial charge in [0.05, 0.1) is 0 Å². The van der Waals surface area contributed by atoms with Gasteiger partial charge in [0.2, 0.25) is 0 Å². The summed E-state index contributed by atoms with van der Waals surface area (Å²) in [4.78, 5) is 0. The third-order valence-electron chi connectivity index (χ3n) is 11.4. The van der Waals surface area contributed by atoms with Gasteiger partial charge in [-0.1, -0.05) is 157 Å². The van der Waals surface area contributed by atoms with Crippen LogP contribution < -0.4 is 0 Å². The average Bonchev–Trinajstić information content (AvgIpc) is 3.61. The van der Waals surface area contributed by atoms with E-state index in [9.17, 15) is 0 Å². The van der Waals surface area contributed by atoms with E-state index in [-0.39, 0.29) is 10.8 Å². The summed E-state index contributed by atoms with van der Waals surface area (Å²) in [5, 5.41) is 18.9. The molecule has 0 unspecified atom stereocenters. The zero-order chi connectivity index (χ0) is 34.1. The van der Waals surface area contributed by atoms with Gasteiger partial charge >= 0.3 is 0 Å². The third kappa shape index (κ3) is 4.00. The molecule has 0 saturated heterocycles. The number of hydrogen-bond donors (Lipinski definition) is 0. The fourth-order valence-corrected chi connectivity index (χ4v) is 8.96. The largest absolute Gasteiger partial charge is 0.0622 e. The van der Waals surface area contributed by atoms with Gasteiger partial charge in [-0.3, -0.25) is 0 Å². The summed E-state index contributed by atoms with van der Waals surface area (Å²) in [6.45, 7) is 14.1. The Morgan fingerprint density at radius 1 is 0.300 bits per heavy atom. The van der Waals surface area contributed by atoms with E-state index in [1.54, 1.807) is 0 Å². The maximum absolute atomic E-state index is 2.54. The molecule has 10 aromatic rings. The Hall–Kier alpha value is -5.46. The number of fused-ring (bicyclic) bond motifs is 8. The standard InChI is InChI=1S/C50H40/c1-49(2,3)32-24-31-25-33(50(4,5)6)27-40-42(31)39(26-32)47-43(29-16-9-7-10-17-29)41-28-38-35-21-14-13-20-34(35)36-22-15-23-37(45(36)38)46(41)44(48(40)47)30-18-11-8-12-19-30/h7-28H,1-6H3. The van der Waals surface area contributed by atoms with Gasteiger partial charge in [-0.15, -0.1) is 0 Å². The SMILES string of the molecule is CC(C)(C)c1cc2cc(C(C)(C)C)cc3c4c(-c5ccccc5)c5c(cc6c7ccccc7c7cccc5c76)c(-c5ccccc5)c4c(c1)c23. The lowest BCUT2D eigenvalue weighted by atomic mass is 9.82. The monoisotopic (exact) mass is 640 g/mol. The molecule has 0 heteroatoms. The first-order chi connectivity index (χ1) is 24.1. The van der Waals surface area contributed by atoms with Crippen LogP contribution in [-0.4, -0.2) is 0 Å². The van der Waals surface area contributed by atoms with E-state index in [2.05, 4.69) is 175 Å². The summed E-state index contributed by atoms with van der Waals surface area (Å²) in [5.41, 5.74) is 7.96. The lowest BCUT2D eigenvalue weighted by Gasteiger charge is -2.22. The summed E-state index contributed by atoms with van der Waals surface area (Å²) in [6, 6.07) is 50.9. The van der Waals surface area contributed by atoms with E-state index in [4.69, 9.17) is 0 Å². The van der Waals surface area contributed by atoms with Crippen LogP contribution in [0.25, 0.3) is 97.7 Å². The molecule has 0 aromatic heterocycles. The van der Waals surface area contributed by atoms with Crippen LogP contribution in [0.1, 0.15) is 52.7 Å². The Kier molecular flexibility index (Phi) is 5.92. The van der Waals surface area contributed by atoms with Gasteiger partial charge in [0, 0.05) is 0 Å². The molecule has 0 bridgehead atoms. The first-order valence-corrected chi connectivity index (χ1v) is 18.0. The Morgan fingerprint density at radius 2 is 0.780 bits per heavy atom. The fourth-order valence-electron chi connectivity index (χ4n) is 8.96. The first kappa shape index (κ1) is 29.5. The van der Waals surface area contributed by atoms with Crippen molar-refractivity contribution in [1.82, 2.24) is 0 Å². The van der Waals surface area contributed by atoms with Gasteiger partial charge < -0.3 is 0 Å². The molecule has 10 rings (SSSR count). The molecule has 240 valence electrons. The molecule has 10 aromatic carbocycles. The molecular formula is C50H40. The van der Waals surface area contributed by atoms with E-state index in [0.717, 1.165) is 0 Å². The molecular weight excluding hydrogens is 601 g/mol. The highest BCUT2D eigenvalue weighted by Gasteiger charge is 2.29. The maximum Gasteiger partial charge on any atom is -0.000709 e. The second-order valence-electron chi connectivity index (χ2n) is 16.5. The van der Waals surface area contributed by atoms with E-state index >= 15 is 0 Å². The van der Waals surface area contributed by atoms with Crippen molar-refractivity contribution in [2.24, 2.45) is 0 Å². The van der Waals surface area contributed by atoms with Gasteiger partial charge in [-0.05, 0) is 138 Å². The molecule has 0 amide bonds. The van der Waals surface area contributed by atoms with Crippen molar-refractivity contribution in [3.8, 4) is 22.3 Å². The highest BCUT2D eigenvalue weighted by Crippen LogP contribution is 2.55. The molecule has 0 heterocycles. The lowest BCUT2D eigenvalue weighted by Crippen LogP contribution is -2.12. The van der Waals surface area contributed by atoms with E-state index < -0.39 is 0 Å². The van der Waals surface area contributed by atoms with E-state index in [1.807, 2.05) is 0 Å². The zero-order valence-electron chi connectivity index (χ0n) is 29.7. The smallest absolute Gasteiger partial charge is 0.000709 e. The lowest BCUT2D eigenvalue weighted by molar-refractivity contribution is 0.590. The minimum atomic E-state index is -0.00160. The Morgan fingerprint density at radius 3 is 1.36 bits per heavy atom. The van der Waals surface area contributed by atoms with Gasteiger partial charge in [0.1, 0.15) is 0 Å². The summed E-state index contributed by atoms with van der Waals surface area (Å²) >= 11 is 0. The van der Waals surface area contributed by atoms with Crippen molar-refractivity contribution < 1.29 is 0 Å². The Bertz CT molecular complexity index is 2940. The van der Waals surface area contributed by atoms with Crippen LogP contribution in [-0.2, 0) is 10.8 Å². The van der Waals surface area contributed by atoms with Crippen LogP contribution in [0.5, 0.6) is 0 Å². The van der Waals surface area contributed by atoms with Gasteiger partial charge in [0.15, 0.2) is 0 Å². The van der Waals surface area contributed by atoms with Crippen molar-refractivity contribution >= 4 is 75.4 Å². The van der Waals surface area contributed by atoms with Gasteiger partial charge in [-0.25, -0.2) is 0 Å². The minimum absolute atomic E-state index is 0.000399. The first-order valence-electron chi connectivity index (χ1n) is 18.0. The van der Waals surface area contributed by atoms with E-state index in [1.165, 1.54) is 109 Å². The maximum atomic E-state index is 2.54. The molecule has 0 fully saturated rings. The molecule has 0 radical (unpaired) electrons. The summed E-state index contributed by atoms with van der Waals surface area (Å²) < 4.78 is 0. The van der Waals surface area contributed by atoms with Crippen molar-refractivity contribution in [3.63, 3.8) is 0 Å². The van der Waals surface area contributed by atoms with Crippen LogP contribution in [0.2, 0.25) is 0 Å². The summed E-state index contributed by atoms with van der Waals surface area (Å²) in [7, 11) is 0. The molecule has 0 aliphatic rings. The normalized spacial score (nSPS) is 13.0. The molecule has 0 N–H and O–H groups in total. The Balaban J connectivity index is 1.60. The summed E-state index contributed by atoms with van der Waals surface area (Å²) in [6.07, 6.45) is 0. The molecule has 0 saturated carbocycles. The molecule has 0 aliphatic heterocycles. The molecule has 0 spiro atoms. The zero-order valence-corrected chi connectivity index (χ0v) is 29.7. The highest BCUT2D eigenvalue weighted by atomic mass is 14.3. The molecule has 0 nitrogen and oxygen atoms in total. The minimum Gasteiger partial charge on any atom is -0.0622 e. The number of rotatable bonds is 2. The van der Waals surface area contributed by atoms with E-state index in [0.29, 0.717) is 0 Å². The van der Waals surface area contributed by atoms with Crippen LogP contribution in [0.3, 0.4) is 0 Å². The Labute approximate surface area is 293 Å². The third-order valence-corrected chi connectivity index (χ3v) is 11.4. The number of hydrogen-bond acceptors (Lipinski definition) is 0. The quantitative estimate of drug-likeness (QED) is 0.165. The van der Waals surface area contributed by atoms with Crippen molar-refractivity contribution in [2.45, 2.75) is 52.4 Å². The van der Waals surface area contributed by atoms with Crippen LogP contribution in [0, 0.1) is 0 Å². The van der Waals surface area contributed by atoms with Crippen LogP contribution >= 0.6 is 0 Å². The van der Waals surface area contributed by atoms with Crippen LogP contribution in [0.15, 0.2) is 133 Å². The van der Waals surface area contributed by atoms with Gasteiger partial charge in [-0.2, -0.15) is 0 Å². The van der Waals surface area contributed by atoms with Crippen molar-refractivity contribution in [3.05, 3.63) is 145 Å². The topological polar surface area (TPSA) is 0 Å².